The number of amides is 1. The minimum atomic E-state index is -0.603. The van der Waals surface area contributed by atoms with Crippen molar-refractivity contribution >= 4 is 17.4 Å². The summed E-state index contributed by atoms with van der Waals surface area (Å²) in [6, 6.07) is 11.3. The van der Waals surface area contributed by atoms with Crippen LogP contribution in [-0.4, -0.2) is 34.8 Å². The first-order chi connectivity index (χ1) is 16.6. The lowest BCUT2D eigenvalue weighted by molar-refractivity contribution is -0.141. The van der Waals surface area contributed by atoms with Gasteiger partial charge in [-0.1, -0.05) is 64.8 Å². The van der Waals surface area contributed by atoms with Crippen molar-refractivity contribution in [1.82, 2.24) is 4.90 Å². The van der Waals surface area contributed by atoms with Crippen LogP contribution in [0.3, 0.4) is 0 Å². The van der Waals surface area contributed by atoms with Crippen molar-refractivity contribution in [1.29, 1.82) is 0 Å². The first kappa shape index (κ1) is 25.0. The van der Waals surface area contributed by atoms with Gasteiger partial charge < -0.3 is 14.7 Å². The summed E-state index contributed by atoms with van der Waals surface area (Å²) in [4.78, 5) is 28.6. The second-order valence-corrected chi connectivity index (χ2v) is 10.5. The Bertz CT molecular complexity index is 1150. The highest BCUT2D eigenvalue weighted by Gasteiger charge is 2.49. The number of ether oxygens (including phenoxy) is 1. The number of nitrogens with zero attached hydrogens (tertiary/aromatic N) is 1. The van der Waals surface area contributed by atoms with E-state index in [1.807, 2.05) is 31.2 Å². The van der Waals surface area contributed by atoms with Crippen LogP contribution in [-0.2, 0) is 9.59 Å². The molecule has 1 unspecified atom stereocenters. The Balaban J connectivity index is 1.91. The van der Waals surface area contributed by atoms with E-state index in [0.717, 1.165) is 48.1 Å². The van der Waals surface area contributed by atoms with Crippen LogP contribution < -0.4 is 4.74 Å². The molecule has 5 heteroatoms. The molecular weight excluding hydrogens is 438 g/mol. The molecule has 35 heavy (non-hydrogen) atoms. The lowest BCUT2D eigenvalue weighted by Gasteiger charge is -2.31. The fourth-order valence-corrected chi connectivity index (χ4v) is 5.53. The first-order valence-electron chi connectivity index (χ1n) is 12.7. The van der Waals surface area contributed by atoms with Crippen molar-refractivity contribution in [2.75, 3.05) is 7.11 Å². The molecule has 5 nitrogen and oxygen atoms in total. The van der Waals surface area contributed by atoms with Crippen LogP contribution >= 0.6 is 0 Å². The summed E-state index contributed by atoms with van der Waals surface area (Å²) in [7, 11) is 1.63. The Morgan fingerprint density at radius 1 is 1.00 bits per heavy atom. The quantitative estimate of drug-likeness (QED) is 0.290. The summed E-state index contributed by atoms with van der Waals surface area (Å²) in [6.07, 6.45) is 3.85. The van der Waals surface area contributed by atoms with Crippen LogP contribution in [0.5, 0.6) is 5.75 Å². The Morgan fingerprint density at radius 3 is 2.17 bits per heavy atom. The molecule has 186 valence electrons. The van der Waals surface area contributed by atoms with Gasteiger partial charge in [0.25, 0.3) is 11.7 Å². The van der Waals surface area contributed by atoms with Gasteiger partial charge in [-0.05, 0) is 66.0 Å². The van der Waals surface area contributed by atoms with Crippen LogP contribution in [0.2, 0.25) is 0 Å². The Morgan fingerprint density at radius 2 is 1.63 bits per heavy atom. The topological polar surface area (TPSA) is 66.8 Å². The highest BCUT2D eigenvalue weighted by Crippen LogP contribution is 2.44. The van der Waals surface area contributed by atoms with Crippen LogP contribution in [0, 0.1) is 6.92 Å². The molecular formula is C30H37NO4. The first-order valence-corrected chi connectivity index (χ1v) is 12.7. The monoisotopic (exact) mass is 475 g/mol. The van der Waals surface area contributed by atoms with Crippen LogP contribution in [0.25, 0.3) is 5.76 Å². The average Bonchev–Trinajstić information content (AvgIpc) is 3.45. The van der Waals surface area contributed by atoms with Crippen LogP contribution in [0.4, 0.5) is 0 Å². The van der Waals surface area contributed by atoms with Crippen LogP contribution in [0.15, 0.2) is 42.0 Å². The van der Waals surface area contributed by atoms with E-state index in [1.165, 1.54) is 5.56 Å². The molecule has 2 fully saturated rings. The number of ketones is 1. The van der Waals surface area contributed by atoms with Crippen molar-refractivity contribution in [3.8, 4) is 5.75 Å². The molecule has 1 heterocycles. The van der Waals surface area contributed by atoms with Crippen molar-refractivity contribution < 1.29 is 19.4 Å². The van der Waals surface area contributed by atoms with Gasteiger partial charge in [-0.3, -0.25) is 9.59 Å². The van der Waals surface area contributed by atoms with E-state index < -0.39 is 17.7 Å². The van der Waals surface area contributed by atoms with E-state index in [-0.39, 0.29) is 23.3 Å². The van der Waals surface area contributed by atoms with Gasteiger partial charge >= 0.3 is 0 Å². The summed E-state index contributed by atoms with van der Waals surface area (Å²) in [5, 5.41) is 11.6. The van der Waals surface area contributed by atoms with E-state index in [0.29, 0.717) is 11.5 Å². The molecule has 4 rings (SSSR count). The lowest BCUT2D eigenvalue weighted by Crippen LogP contribution is -2.37. The minimum Gasteiger partial charge on any atom is -0.507 e. The van der Waals surface area contributed by atoms with Gasteiger partial charge in [0.15, 0.2) is 0 Å². The molecule has 0 aromatic heterocycles. The number of carbonyl (C=O) groups excluding carboxylic acids is 2. The van der Waals surface area contributed by atoms with Crippen molar-refractivity contribution in [3.63, 3.8) is 0 Å². The molecule has 1 N–H and O–H groups in total. The number of aryl methyl sites for hydroxylation is 1. The zero-order chi connectivity index (χ0) is 25.4. The van der Waals surface area contributed by atoms with E-state index in [9.17, 15) is 14.7 Å². The fourth-order valence-electron chi connectivity index (χ4n) is 5.53. The fraction of sp³-hybridized carbons (Fsp3) is 0.467. The maximum atomic E-state index is 13.5. The molecule has 1 amide bonds. The zero-order valence-corrected chi connectivity index (χ0v) is 21.7. The van der Waals surface area contributed by atoms with Gasteiger partial charge in [0, 0.05) is 11.6 Å². The third-order valence-electron chi connectivity index (χ3n) is 7.57. The van der Waals surface area contributed by atoms with Crippen LogP contribution in [0.1, 0.15) is 99.1 Å². The number of carbonyl (C=O) groups is 2. The second-order valence-electron chi connectivity index (χ2n) is 10.5. The largest absolute Gasteiger partial charge is 0.507 e. The Kier molecular flexibility index (Phi) is 7.07. The SMILES string of the molecule is COc1cc(C)c(/C(O)=C2\C(=O)C(=O)N(C3CCCC3)C2c2ccc(C(C)C)cc2)cc1C(C)C. The minimum absolute atomic E-state index is 0.00900. The van der Waals surface area contributed by atoms with Gasteiger partial charge in [0.2, 0.25) is 0 Å². The molecule has 0 bridgehead atoms. The van der Waals surface area contributed by atoms with Crippen molar-refractivity contribution in [3.05, 3.63) is 69.8 Å². The zero-order valence-electron chi connectivity index (χ0n) is 21.7. The Hall–Kier alpha value is -3.08. The number of hydrogen-bond donors (Lipinski definition) is 1. The maximum absolute atomic E-state index is 13.5. The van der Waals surface area contributed by atoms with Crippen molar-refractivity contribution in [2.24, 2.45) is 0 Å². The van der Waals surface area contributed by atoms with Gasteiger partial charge in [-0.25, -0.2) is 0 Å². The summed E-state index contributed by atoms with van der Waals surface area (Å²) >= 11 is 0. The average molecular weight is 476 g/mol. The number of rotatable bonds is 6. The van der Waals surface area contributed by atoms with E-state index in [4.69, 9.17) is 4.74 Å². The van der Waals surface area contributed by atoms with Gasteiger partial charge in [-0.2, -0.15) is 0 Å². The summed E-state index contributed by atoms with van der Waals surface area (Å²) in [5.41, 5.74) is 4.55. The molecule has 1 aliphatic heterocycles. The summed E-state index contributed by atoms with van der Waals surface area (Å²) in [5.74, 6) is 0.0735. The van der Waals surface area contributed by atoms with Crippen molar-refractivity contribution in [2.45, 2.75) is 84.2 Å². The maximum Gasteiger partial charge on any atom is 0.295 e. The number of methoxy groups -OCH3 is 1. The normalized spacial score (nSPS) is 20.5. The second kappa shape index (κ2) is 9.88. The molecule has 1 saturated carbocycles. The lowest BCUT2D eigenvalue weighted by atomic mass is 9.90. The smallest absolute Gasteiger partial charge is 0.295 e. The number of likely N-dealkylation sites (tertiary alicyclic amines) is 1. The third-order valence-corrected chi connectivity index (χ3v) is 7.57. The molecule has 2 aromatic carbocycles. The number of aliphatic hydroxyl groups excluding tert-OH is 1. The highest BCUT2D eigenvalue weighted by atomic mass is 16.5. The molecule has 1 saturated heterocycles. The molecule has 0 radical (unpaired) electrons. The summed E-state index contributed by atoms with van der Waals surface area (Å²) < 4.78 is 5.56. The summed E-state index contributed by atoms with van der Waals surface area (Å²) in [6.45, 7) is 10.3. The predicted molar refractivity (Wildman–Crippen MR) is 139 cm³/mol. The van der Waals surface area contributed by atoms with Gasteiger partial charge in [0.1, 0.15) is 11.5 Å². The molecule has 2 aromatic rings. The standard InChI is InChI=1S/C30H37NO4/c1-17(2)20-11-13-21(14-12-20)27-26(29(33)30(34)31(27)22-9-7-8-10-22)28(32)24-16-23(18(3)4)25(35-6)15-19(24)5/h11-18,22,27,32H,7-10H2,1-6H3/b28-26+. The molecule has 2 aliphatic rings. The molecule has 1 atom stereocenters. The van der Waals surface area contributed by atoms with E-state index in [1.54, 1.807) is 12.0 Å². The number of aliphatic hydroxyl groups is 1. The third kappa shape index (κ3) is 4.49. The number of hydrogen-bond acceptors (Lipinski definition) is 4. The van der Waals surface area contributed by atoms with E-state index in [2.05, 4.69) is 39.8 Å². The number of Topliss-reactive ketones (excluding diaryl/α,β-unsaturated/α-hetero) is 1. The van der Waals surface area contributed by atoms with Gasteiger partial charge in [0.05, 0.1) is 18.7 Å². The number of benzene rings is 2. The Labute approximate surface area is 208 Å². The molecule has 0 spiro atoms. The van der Waals surface area contributed by atoms with E-state index >= 15 is 0 Å². The predicted octanol–water partition coefficient (Wildman–Crippen LogP) is 6.61. The van der Waals surface area contributed by atoms with Gasteiger partial charge in [-0.15, -0.1) is 0 Å². The molecule has 1 aliphatic carbocycles. The highest BCUT2D eigenvalue weighted by molar-refractivity contribution is 6.46.